The topological polar surface area (TPSA) is 58.2 Å². The van der Waals surface area contributed by atoms with E-state index in [1.165, 1.54) is 12.1 Å². The van der Waals surface area contributed by atoms with Crippen molar-refractivity contribution in [2.24, 2.45) is 0 Å². The second kappa shape index (κ2) is 7.29. The standard InChI is InChI=1S/C12H16Cl2N2O2S.ClH/c1-8-11(13)5-10(6-12(8)14)19(17,18)16-9-3-2-4-15-7-9;/h5-6,9,15-16H,2-4,7H2,1H3;1H. The van der Waals surface area contributed by atoms with Gasteiger partial charge in [-0.15, -0.1) is 12.4 Å². The minimum absolute atomic E-state index is 0. The van der Waals surface area contributed by atoms with Crippen LogP contribution in [0.3, 0.4) is 0 Å². The molecular formula is C12H17Cl3N2O2S. The Bertz CT molecular complexity index is 549. The molecule has 0 saturated carbocycles. The molecule has 0 bridgehead atoms. The highest BCUT2D eigenvalue weighted by atomic mass is 35.5. The van der Waals surface area contributed by atoms with Crippen LogP contribution in [0.15, 0.2) is 17.0 Å². The molecule has 1 fully saturated rings. The van der Waals surface area contributed by atoms with E-state index < -0.39 is 10.0 Å². The maximum Gasteiger partial charge on any atom is 0.240 e. The van der Waals surface area contributed by atoms with Crippen molar-refractivity contribution in [1.82, 2.24) is 10.0 Å². The van der Waals surface area contributed by atoms with Gasteiger partial charge in [-0.25, -0.2) is 13.1 Å². The normalized spacial score (nSPS) is 19.4. The van der Waals surface area contributed by atoms with Crippen LogP contribution < -0.4 is 10.0 Å². The summed E-state index contributed by atoms with van der Waals surface area (Å²) in [5.41, 5.74) is 0.682. The van der Waals surface area contributed by atoms with Crippen LogP contribution >= 0.6 is 35.6 Å². The quantitative estimate of drug-likeness (QED) is 0.872. The number of benzene rings is 1. The summed E-state index contributed by atoms with van der Waals surface area (Å²) in [7, 11) is -3.58. The Hall–Kier alpha value is -0.0400. The lowest BCUT2D eigenvalue weighted by atomic mass is 10.1. The highest BCUT2D eigenvalue weighted by molar-refractivity contribution is 7.89. The highest BCUT2D eigenvalue weighted by Crippen LogP contribution is 2.27. The van der Waals surface area contributed by atoms with Crippen molar-refractivity contribution in [2.75, 3.05) is 13.1 Å². The van der Waals surface area contributed by atoms with E-state index in [1.54, 1.807) is 6.92 Å². The Labute approximate surface area is 135 Å². The fraction of sp³-hybridized carbons (Fsp3) is 0.500. The first-order valence-corrected chi connectivity index (χ1v) is 8.33. The molecule has 1 atom stereocenters. The Morgan fingerprint density at radius 2 is 1.90 bits per heavy atom. The SMILES string of the molecule is Cc1c(Cl)cc(S(=O)(=O)NC2CCCNC2)cc1Cl.Cl. The second-order valence-corrected chi connectivity index (χ2v) is 7.20. The van der Waals surface area contributed by atoms with Crippen LogP contribution in [0.2, 0.25) is 10.0 Å². The minimum atomic E-state index is -3.58. The van der Waals surface area contributed by atoms with Crippen molar-refractivity contribution in [3.8, 4) is 0 Å². The van der Waals surface area contributed by atoms with Crippen LogP contribution in [0.25, 0.3) is 0 Å². The molecule has 1 unspecified atom stereocenters. The summed E-state index contributed by atoms with van der Waals surface area (Å²) < 4.78 is 27.2. The van der Waals surface area contributed by atoms with E-state index in [0.717, 1.165) is 19.4 Å². The van der Waals surface area contributed by atoms with E-state index in [-0.39, 0.29) is 23.3 Å². The number of halogens is 3. The molecule has 1 aromatic rings. The average Bonchev–Trinajstić information content (AvgIpc) is 2.36. The fourth-order valence-corrected chi connectivity index (χ4v) is 3.96. The first-order chi connectivity index (χ1) is 8.90. The lowest BCUT2D eigenvalue weighted by Gasteiger charge is -2.23. The van der Waals surface area contributed by atoms with Gasteiger partial charge in [0.1, 0.15) is 0 Å². The van der Waals surface area contributed by atoms with Crippen LogP contribution in [0, 0.1) is 6.92 Å². The van der Waals surface area contributed by atoms with Gasteiger partial charge in [0.2, 0.25) is 10.0 Å². The molecule has 0 aromatic heterocycles. The van der Waals surface area contributed by atoms with Gasteiger partial charge < -0.3 is 5.32 Å². The van der Waals surface area contributed by atoms with Gasteiger partial charge in [-0.05, 0) is 44.0 Å². The third-order valence-electron chi connectivity index (χ3n) is 3.18. The minimum Gasteiger partial charge on any atom is -0.315 e. The van der Waals surface area contributed by atoms with Crippen molar-refractivity contribution in [1.29, 1.82) is 0 Å². The summed E-state index contributed by atoms with van der Waals surface area (Å²) in [5.74, 6) is 0. The number of hydrogen-bond donors (Lipinski definition) is 2. The summed E-state index contributed by atoms with van der Waals surface area (Å²) in [6.45, 7) is 3.33. The zero-order chi connectivity index (χ0) is 14.0. The Balaban J connectivity index is 0.00000200. The number of piperidine rings is 1. The van der Waals surface area contributed by atoms with E-state index in [1.807, 2.05) is 0 Å². The molecule has 1 aliphatic rings. The molecule has 20 heavy (non-hydrogen) atoms. The smallest absolute Gasteiger partial charge is 0.240 e. The van der Waals surface area contributed by atoms with Gasteiger partial charge >= 0.3 is 0 Å². The van der Waals surface area contributed by atoms with Gasteiger partial charge in [0.05, 0.1) is 4.90 Å². The van der Waals surface area contributed by atoms with Crippen molar-refractivity contribution in [3.05, 3.63) is 27.7 Å². The first-order valence-electron chi connectivity index (χ1n) is 6.09. The summed E-state index contributed by atoms with van der Waals surface area (Å²) >= 11 is 12.0. The van der Waals surface area contributed by atoms with Gasteiger partial charge in [-0.2, -0.15) is 0 Å². The van der Waals surface area contributed by atoms with Gasteiger partial charge in [-0.1, -0.05) is 23.2 Å². The molecule has 0 radical (unpaired) electrons. The van der Waals surface area contributed by atoms with Crippen molar-refractivity contribution in [2.45, 2.75) is 30.7 Å². The molecule has 4 nitrogen and oxygen atoms in total. The molecular weight excluding hydrogens is 343 g/mol. The van der Waals surface area contributed by atoms with Crippen LogP contribution in [-0.4, -0.2) is 27.5 Å². The lowest BCUT2D eigenvalue weighted by Crippen LogP contribution is -2.45. The average molecular weight is 360 g/mol. The molecule has 1 aliphatic heterocycles. The van der Waals surface area contributed by atoms with E-state index in [0.29, 0.717) is 22.2 Å². The zero-order valence-electron chi connectivity index (χ0n) is 10.9. The van der Waals surface area contributed by atoms with E-state index in [4.69, 9.17) is 23.2 Å². The summed E-state index contributed by atoms with van der Waals surface area (Å²) in [4.78, 5) is 0.110. The zero-order valence-corrected chi connectivity index (χ0v) is 14.1. The Morgan fingerprint density at radius 3 is 2.40 bits per heavy atom. The molecule has 2 rings (SSSR count). The Morgan fingerprint density at radius 1 is 1.30 bits per heavy atom. The molecule has 0 spiro atoms. The first kappa shape index (κ1) is 18.0. The monoisotopic (exact) mass is 358 g/mol. The van der Waals surface area contributed by atoms with Crippen LogP contribution in [-0.2, 0) is 10.0 Å². The molecule has 8 heteroatoms. The lowest BCUT2D eigenvalue weighted by molar-refractivity contribution is 0.428. The summed E-state index contributed by atoms with van der Waals surface area (Å²) in [6, 6.07) is 2.78. The number of nitrogens with one attached hydrogen (secondary N) is 2. The third kappa shape index (κ3) is 4.23. The maximum absolute atomic E-state index is 12.3. The predicted molar refractivity (Wildman–Crippen MR) is 84.7 cm³/mol. The number of sulfonamides is 1. The third-order valence-corrected chi connectivity index (χ3v) is 5.47. The van der Waals surface area contributed by atoms with Crippen molar-refractivity contribution in [3.63, 3.8) is 0 Å². The van der Waals surface area contributed by atoms with Gasteiger partial charge in [-0.3, -0.25) is 0 Å². The van der Waals surface area contributed by atoms with Crippen molar-refractivity contribution >= 4 is 45.6 Å². The van der Waals surface area contributed by atoms with Crippen LogP contribution in [0.1, 0.15) is 18.4 Å². The number of rotatable bonds is 3. The molecule has 1 saturated heterocycles. The van der Waals surface area contributed by atoms with E-state index in [2.05, 4.69) is 10.0 Å². The van der Waals surface area contributed by atoms with Gasteiger partial charge in [0, 0.05) is 22.6 Å². The largest absolute Gasteiger partial charge is 0.315 e. The van der Waals surface area contributed by atoms with Crippen LogP contribution in [0.5, 0.6) is 0 Å². The summed E-state index contributed by atoms with van der Waals surface area (Å²) in [6.07, 6.45) is 1.79. The predicted octanol–water partition coefficient (Wildman–Crippen LogP) is 2.75. The maximum atomic E-state index is 12.3. The van der Waals surface area contributed by atoms with E-state index in [9.17, 15) is 8.42 Å². The molecule has 1 aromatic carbocycles. The number of hydrogen-bond acceptors (Lipinski definition) is 3. The molecule has 0 aliphatic carbocycles. The van der Waals surface area contributed by atoms with Gasteiger partial charge in [0.25, 0.3) is 0 Å². The molecule has 2 N–H and O–H groups in total. The summed E-state index contributed by atoms with van der Waals surface area (Å²) in [5, 5.41) is 3.87. The molecule has 1 heterocycles. The van der Waals surface area contributed by atoms with Crippen LogP contribution in [0.4, 0.5) is 0 Å². The van der Waals surface area contributed by atoms with Crippen molar-refractivity contribution < 1.29 is 8.42 Å². The van der Waals surface area contributed by atoms with E-state index >= 15 is 0 Å². The Kier molecular flexibility index (Phi) is 6.57. The van der Waals surface area contributed by atoms with Gasteiger partial charge in [0.15, 0.2) is 0 Å². The molecule has 114 valence electrons. The highest BCUT2D eigenvalue weighted by Gasteiger charge is 2.22. The second-order valence-electron chi connectivity index (χ2n) is 4.68. The fourth-order valence-electron chi connectivity index (χ4n) is 2.02. The molecule has 0 amide bonds.